The molecule has 172 valence electrons. The number of aromatic nitrogens is 1. The van der Waals surface area contributed by atoms with Crippen molar-refractivity contribution >= 4 is 29.1 Å². The van der Waals surface area contributed by atoms with Crippen LogP contribution in [0.2, 0.25) is 0 Å². The van der Waals surface area contributed by atoms with Gasteiger partial charge in [0.15, 0.2) is 0 Å². The van der Waals surface area contributed by atoms with Gasteiger partial charge in [-0.2, -0.15) is 0 Å². The molecule has 3 rings (SSSR count). The Hall–Kier alpha value is -2.40. The standard InChI is InChI=1S/C26H34ClN3O2/c1-18(27)25(32)30(22-14-12-20(13-15-22)26(2,3)4)23(19-9-8-16-28-17-19)24(31)29-21-10-6-5-7-11-21/h8-9,12-18,21,23H,5-7,10-11H2,1-4H3,(H,29,31). The van der Waals surface area contributed by atoms with Crippen molar-refractivity contribution in [1.29, 1.82) is 0 Å². The average Bonchev–Trinajstić information content (AvgIpc) is 2.77. The maximum atomic E-state index is 13.6. The Balaban J connectivity index is 2.03. The molecule has 0 aliphatic heterocycles. The van der Waals surface area contributed by atoms with Gasteiger partial charge in [0.25, 0.3) is 0 Å². The van der Waals surface area contributed by atoms with Crippen LogP contribution in [0.25, 0.3) is 0 Å². The number of alkyl halides is 1. The minimum Gasteiger partial charge on any atom is -0.351 e. The van der Waals surface area contributed by atoms with Gasteiger partial charge in [0.2, 0.25) is 11.8 Å². The Kier molecular flexibility index (Phi) is 7.94. The first-order chi connectivity index (χ1) is 15.2. The van der Waals surface area contributed by atoms with Gasteiger partial charge >= 0.3 is 0 Å². The van der Waals surface area contributed by atoms with Crippen molar-refractivity contribution in [2.24, 2.45) is 0 Å². The number of hydrogen-bond acceptors (Lipinski definition) is 3. The van der Waals surface area contributed by atoms with E-state index < -0.39 is 11.4 Å². The zero-order valence-electron chi connectivity index (χ0n) is 19.5. The second kappa shape index (κ2) is 10.5. The van der Waals surface area contributed by atoms with Crippen molar-refractivity contribution in [3.63, 3.8) is 0 Å². The topological polar surface area (TPSA) is 62.3 Å². The summed E-state index contributed by atoms with van der Waals surface area (Å²) in [4.78, 5) is 32.7. The number of halogens is 1. The number of nitrogens with zero attached hydrogens (tertiary/aromatic N) is 2. The molecule has 2 unspecified atom stereocenters. The van der Waals surface area contributed by atoms with Gasteiger partial charge in [0.1, 0.15) is 11.4 Å². The summed E-state index contributed by atoms with van der Waals surface area (Å²) in [6.07, 6.45) is 8.66. The van der Waals surface area contributed by atoms with Gasteiger partial charge < -0.3 is 5.32 Å². The molecule has 5 nitrogen and oxygen atoms in total. The summed E-state index contributed by atoms with van der Waals surface area (Å²) in [5, 5.41) is 2.41. The van der Waals surface area contributed by atoms with Crippen molar-refractivity contribution in [1.82, 2.24) is 10.3 Å². The zero-order chi connectivity index (χ0) is 23.3. The molecule has 6 heteroatoms. The molecule has 1 aliphatic rings. The van der Waals surface area contributed by atoms with E-state index >= 15 is 0 Å². The summed E-state index contributed by atoms with van der Waals surface area (Å²) in [7, 11) is 0. The Morgan fingerprint density at radius 2 is 1.75 bits per heavy atom. The lowest BCUT2D eigenvalue weighted by atomic mass is 9.87. The number of anilines is 1. The number of rotatable bonds is 6. The van der Waals surface area contributed by atoms with Crippen LogP contribution in [0.1, 0.15) is 77.0 Å². The summed E-state index contributed by atoms with van der Waals surface area (Å²) in [6.45, 7) is 8.06. The molecule has 1 heterocycles. The number of amides is 2. The van der Waals surface area contributed by atoms with Crippen molar-refractivity contribution in [3.05, 3.63) is 59.9 Å². The number of hydrogen-bond donors (Lipinski definition) is 1. The minimum absolute atomic E-state index is 0.0196. The highest BCUT2D eigenvalue weighted by Gasteiger charge is 2.35. The highest BCUT2D eigenvalue weighted by molar-refractivity contribution is 6.33. The molecular formula is C26H34ClN3O2. The summed E-state index contributed by atoms with van der Waals surface area (Å²) < 4.78 is 0. The van der Waals surface area contributed by atoms with Crippen LogP contribution in [0.3, 0.4) is 0 Å². The molecule has 1 aromatic carbocycles. The van der Waals surface area contributed by atoms with Crippen LogP contribution in [-0.4, -0.2) is 28.2 Å². The van der Waals surface area contributed by atoms with Crippen molar-refractivity contribution < 1.29 is 9.59 Å². The Labute approximate surface area is 196 Å². The van der Waals surface area contributed by atoms with Gasteiger partial charge in [-0.1, -0.05) is 58.2 Å². The molecular weight excluding hydrogens is 422 g/mol. The number of carbonyl (C=O) groups excluding carboxylic acids is 2. The Morgan fingerprint density at radius 1 is 1.09 bits per heavy atom. The monoisotopic (exact) mass is 455 g/mol. The van der Waals surface area contributed by atoms with E-state index in [1.807, 2.05) is 30.3 Å². The van der Waals surface area contributed by atoms with Crippen LogP contribution >= 0.6 is 11.6 Å². The highest BCUT2D eigenvalue weighted by Crippen LogP contribution is 2.32. The summed E-state index contributed by atoms with van der Waals surface area (Å²) >= 11 is 6.27. The smallest absolute Gasteiger partial charge is 0.248 e. The van der Waals surface area contributed by atoms with E-state index in [1.54, 1.807) is 25.4 Å². The van der Waals surface area contributed by atoms with Crippen molar-refractivity contribution in [2.75, 3.05) is 4.90 Å². The first-order valence-electron chi connectivity index (χ1n) is 11.5. The SMILES string of the molecule is CC(Cl)C(=O)N(c1ccc(C(C)(C)C)cc1)C(C(=O)NC1CCCCC1)c1cccnc1. The molecule has 2 amide bonds. The number of benzene rings is 1. The van der Waals surface area contributed by atoms with E-state index in [-0.39, 0.29) is 23.3 Å². The van der Waals surface area contributed by atoms with Crippen LogP contribution in [0, 0.1) is 0 Å². The molecule has 1 fully saturated rings. The van der Waals surface area contributed by atoms with Gasteiger partial charge in [-0.05, 0) is 48.9 Å². The predicted molar refractivity (Wildman–Crippen MR) is 130 cm³/mol. The van der Waals surface area contributed by atoms with Gasteiger partial charge in [0.05, 0.1) is 0 Å². The molecule has 1 aliphatic carbocycles. The van der Waals surface area contributed by atoms with Gasteiger partial charge in [-0.15, -0.1) is 11.6 Å². The normalized spacial score (nSPS) is 16.8. The summed E-state index contributed by atoms with van der Waals surface area (Å²) in [5.41, 5.74) is 2.43. The third kappa shape index (κ3) is 5.89. The Bertz CT molecular complexity index is 901. The van der Waals surface area contributed by atoms with Crippen LogP contribution in [0.15, 0.2) is 48.8 Å². The van der Waals surface area contributed by atoms with Crippen LogP contribution in [-0.2, 0) is 15.0 Å². The largest absolute Gasteiger partial charge is 0.351 e. The van der Waals surface area contributed by atoms with E-state index in [4.69, 9.17) is 11.6 Å². The fraction of sp³-hybridized carbons (Fsp3) is 0.500. The van der Waals surface area contributed by atoms with Gasteiger partial charge in [0, 0.05) is 29.7 Å². The molecule has 0 bridgehead atoms. The fourth-order valence-corrected chi connectivity index (χ4v) is 4.30. The second-order valence-electron chi connectivity index (χ2n) is 9.65. The van der Waals surface area contributed by atoms with E-state index in [0.29, 0.717) is 11.3 Å². The predicted octanol–water partition coefficient (Wildman–Crippen LogP) is 5.53. The molecule has 2 aromatic rings. The molecule has 0 spiro atoms. The third-order valence-corrected chi connectivity index (χ3v) is 6.23. The highest BCUT2D eigenvalue weighted by atomic mass is 35.5. The first kappa shape index (κ1) is 24.2. The molecule has 0 radical (unpaired) electrons. The summed E-state index contributed by atoms with van der Waals surface area (Å²) in [5.74, 6) is -0.515. The number of pyridine rings is 1. The van der Waals surface area contributed by atoms with Crippen molar-refractivity contribution in [3.8, 4) is 0 Å². The average molecular weight is 456 g/mol. The minimum atomic E-state index is -0.847. The number of carbonyl (C=O) groups is 2. The van der Waals surface area contributed by atoms with Crippen LogP contribution in [0.4, 0.5) is 5.69 Å². The maximum Gasteiger partial charge on any atom is 0.248 e. The first-order valence-corrected chi connectivity index (χ1v) is 11.9. The zero-order valence-corrected chi connectivity index (χ0v) is 20.2. The molecule has 2 atom stereocenters. The van der Waals surface area contributed by atoms with Gasteiger partial charge in [-0.25, -0.2) is 0 Å². The third-order valence-electron chi connectivity index (χ3n) is 6.05. The van der Waals surface area contributed by atoms with E-state index in [1.165, 1.54) is 11.3 Å². The van der Waals surface area contributed by atoms with Crippen molar-refractivity contribution in [2.45, 2.75) is 82.7 Å². The molecule has 0 saturated heterocycles. The lowest BCUT2D eigenvalue weighted by Crippen LogP contribution is -2.48. The fourth-order valence-electron chi connectivity index (χ4n) is 4.20. The molecule has 1 saturated carbocycles. The molecule has 1 aromatic heterocycles. The summed E-state index contributed by atoms with van der Waals surface area (Å²) in [6, 6.07) is 10.7. The molecule has 32 heavy (non-hydrogen) atoms. The second-order valence-corrected chi connectivity index (χ2v) is 10.3. The maximum absolute atomic E-state index is 13.6. The van der Waals surface area contributed by atoms with Gasteiger partial charge in [-0.3, -0.25) is 19.5 Å². The van der Waals surface area contributed by atoms with E-state index in [9.17, 15) is 9.59 Å². The lowest BCUT2D eigenvalue weighted by molar-refractivity contribution is -0.127. The van der Waals surface area contributed by atoms with E-state index in [0.717, 1.165) is 31.2 Å². The lowest BCUT2D eigenvalue weighted by Gasteiger charge is -2.34. The van der Waals surface area contributed by atoms with Crippen LogP contribution in [0.5, 0.6) is 0 Å². The molecule has 1 N–H and O–H groups in total. The number of nitrogens with one attached hydrogen (secondary N) is 1. The van der Waals surface area contributed by atoms with E-state index in [2.05, 4.69) is 31.1 Å². The Morgan fingerprint density at radius 3 is 2.28 bits per heavy atom. The quantitative estimate of drug-likeness (QED) is 0.582. The van der Waals surface area contributed by atoms with Crippen LogP contribution < -0.4 is 10.2 Å².